The summed E-state index contributed by atoms with van der Waals surface area (Å²) in [6.07, 6.45) is 7.05. The number of H-pyrrole nitrogens is 1. The summed E-state index contributed by atoms with van der Waals surface area (Å²) in [5.41, 5.74) is 9.41. The number of nitrogen functional groups attached to an aromatic ring is 1. The van der Waals surface area contributed by atoms with Crippen molar-refractivity contribution in [2.75, 3.05) is 23.7 Å². The number of rotatable bonds is 4. The number of nitrogens with zero attached hydrogens (tertiary/aromatic N) is 4. The molecule has 3 aromatic rings. The molecule has 0 saturated carbocycles. The third-order valence-electron chi connectivity index (χ3n) is 4.70. The van der Waals surface area contributed by atoms with Crippen molar-refractivity contribution in [3.63, 3.8) is 0 Å². The van der Waals surface area contributed by atoms with Crippen molar-refractivity contribution in [3.05, 3.63) is 30.7 Å². The van der Waals surface area contributed by atoms with Gasteiger partial charge in [0.25, 0.3) is 0 Å². The summed E-state index contributed by atoms with van der Waals surface area (Å²) in [4.78, 5) is 29.7. The van der Waals surface area contributed by atoms with Crippen molar-refractivity contribution in [2.45, 2.75) is 19.8 Å². The Morgan fingerprint density at radius 3 is 3.00 bits per heavy atom. The van der Waals surface area contributed by atoms with Gasteiger partial charge in [-0.3, -0.25) is 0 Å². The molecule has 0 radical (unpaired) electrons. The average molecular weight is 336 g/mol. The first-order valence-corrected chi connectivity index (χ1v) is 8.41. The minimum atomic E-state index is 0.250. The topological polar surface area (TPSA) is 101 Å². The van der Waals surface area contributed by atoms with E-state index in [4.69, 9.17) is 5.73 Å². The van der Waals surface area contributed by atoms with Gasteiger partial charge in [0, 0.05) is 49.4 Å². The fraction of sp³-hybridized carbons (Fsp3) is 0.333. The van der Waals surface area contributed by atoms with Gasteiger partial charge >= 0.3 is 0 Å². The van der Waals surface area contributed by atoms with Gasteiger partial charge < -0.3 is 20.4 Å². The molecule has 0 aliphatic carbocycles. The molecule has 7 heteroatoms. The molecular formula is C18H20N6O. The number of pyridine rings is 1. The Morgan fingerprint density at radius 1 is 1.36 bits per heavy atom. The Labute approximate surface area is 145 Å². The van der Waals surface area contributed by atoms with Crippen molar-refractivity contribution in [1.29, 1.82) is 0 Å². The zero-order valence-corrected chi connectivity index (χ0v) is 14.1. The fourth-order valence-electron chi connectivity index (χ4n) is 3.65. The van der Waals surface area contributed by atoms with Gasteiger partial charge in [0.05, 0.1) is 11.1 Å². The van der Waals surface area contributed by atoms with Crippen LogP contribution in [-0.4, -0.2) is 38.8 Å². The number of ketones is 1. The number of Topliss-reactive ketones (excluding diaryl/α,β-unsaturated/α-hetero) is 1. The molecular weight excluding hydrogens is 316 g/mol. The van der Waals surface area contributed by atoms with E-state index in [1.54, 1.807) is 13.1 Å². The number of nitrogens with two attached hydrogens (primary N) is 1. The van der Waals surface area contributed by atoms with Gasteiger partial charge in [-0.2, -0.15) is 0 Å². The van der Waals surface area contributed by atoms with E-state index in [0.717, 1.165) is 47.5 Å². The Morgan fingerprint density at radius 2 is 2.20 bits per heavy atom. The summed E-state index contributed by atoms with van der Waals surface area (Å²) in [7, 11) is 0. The number of nitrogens with one attached hydrogen (secondary N) is 1. The summed E-state index contributed by atoms with van der Waals surface area (Å²) >= 11 is 0. The molecule has 1 atom stereocenters. The maximum Gasteiger partial charge on any atom is 0.220 e. The molecule has 0 amide bonds. The minimum Gasteiger partial charge on any atom is -0.371 e. The van der Waals surface area contributed by atoms with Crippen LogP contribution in [0.2, 0.25) is 0 Å². The lowest BCUT2D eigenvalue weighted by molar-refractivity contribution is -0.117. The largest absolute Gasteiger partial charge is 0.371 e. The highest BCUT2D eigenvalue weighted by atomic mass is 16.1. The van der Waals surface area contributed by atoms with E-state index in [1.807, 2.05) is 24.5 Å². The van der Waals surface area contributed by atoms with Crippen molar-refractivity contribution in [2.24, 2.45) is 5.92 Å². The Kier molecular flexibility index (Phi) is 3.83. The summed E-state index contributed by atoms with van der Waals surface area (Å²) in [6.45, 7) is 3.49. The summed E-state index contributed by atoms with van der Waals surface area (Å²) in [6, 6.07) is 3.87. The van der Waals surface area contributed by atoms with Gasteiger partial charge in [0.1, 0.15) is 11.4 Å². The lowest BCUT2D eigenvalue weighted by atomic mass is 10.0. The lowest BCUT2D eigenvalue weighted by Gasteiger charge is -2.20. The van der Waals surface area contributed by atoms with E-state index in [2.05, 4.69) is 24.8 Å². The predicted molar refractivity (Wildman–Crippen MR) is 97.2 cm³/mol. The zero-order valence-electron chi connectivity index (χ0n) is 14.1. The van der Waals surface area contributed by atoms with E-state index in [0.29, 0.717) is 12.3 Å². The third-order valence-corrected chi connectivity index (χ3v) is 4.70. The number of carbonyl (C=O) groups excluding carboxylic acids is 1. The molecule has 0 spiro atoms. The van der Waals surface area contributed by atoms with Crippen LogP contribution in [0.15, 0.2) is 30.7 Å². The third kappa shape index (κ3) is 2.93. The minimum absolute atomic E-state index is 0.250. The molecule has 128 valence electrons. The van der Waals surface area contributed by atoms with Crippen molar-refractivity contribution in [3.8, 4) is 11.3 Å². The highest BCUT2D eigenvalue weighted by Crippen LogP contribution is 2.36. The molecule has 1 saturated heterocycles. The van der Waals surface area contributed by atoms with Gasteiger partial charge in [0.2, 0.25) is 5.95 Å². The van der Waals surface area contributed by atoms with Crippen molar-refractivity contribution in [1.82, 2.24) is 19.9 Å². The standard InChI is InChI=1S/C18H20N6O/c1-11(25)8-12-4-7-24(10-12)15-3-6-20-17-16(15)13(9-22-17)14-2-5-21-18(19)23-14/h2-3,5-6,9,12H,4,7-8,10H2,1H3,(H,20,22)(H2,19,21,23). The van der Waals surface area contributed by atoms with Crippen LogP contribution in [0.25, 0.3) is 22.3 Å². The molecule has 1 unspecified atom stereocenters. The average Bonchev–Trinajstić information content (AvgIpc) is 3.21. The maximum absolute atomic E-state index is 11.4. The number of aromatic amines is 1. The van der Waals surface area contributed by atoms with Crippen LogP contribution in [0.5, 0.6) is 0 Å². The van der Waals surface area contributed by atoms with Gasteiger partial charge in [-0.15, -0.1) is 0 Å². The van der Waals surface area contributed by atoms with Crippen LogP contribution in [0.4, 0.5) is 11.6 Å². The number of aromatic nitrogens is 4. The van der Waals surface area contributed by atoms with E-state index in [9.17, 15) is 4.79 Å². The summed E-state index contributed by atoms with van der Waals surface area (Å²) in [5.74, 6) is 0.920. The Hall–Kier alpha value is -2.96. The Bertz CT molecular complexity index is 934. The van der Waals surface area contributed by atoms with Crippen LogP contribution in [0, 0.1) is 5.92 Å². The molecule has 1 aliphatic rings. The smallest absolute Gasteiger partial charge is 0.220 e. The molecule has 0 bridgehead atoms. The summed E-state index contributed by atoms with van der Waals surface area (Å²) in [5, 5.41) is 1.03. The molecule has 4 heterocycles. The normalized spacial score (nSPS) is 17.3. The molecule has 7 nitrogen and oxygen atoms in total. The molecule has 4 rings (SSSR count). The van der Waals surface area contributed by atoms with Crippen LogP contribution >= 0.6 is 0 Å². The van der Waals surface area contributed by atoms with Crippen molar-refractivity contribution < 1.29 is 4.79 Å². The maximum atomic E-state index is 11.4. The van der Waals surface area contributed by atoms with E-state index in [-0.39, 0.29) is 11.7 Å². The van der Waals surface area contributed by atoms with Crippen LogP contribution in [0.3, 0.4) is 0 Å². The van der Waals surface area contributed by atoms with E-state index >= 15 is 0 Å². The number of anilines is 2. The second-order valence-electron chi connectivity index (χ2n) is 6.56. The quantitative estimate of drug-likeness (QED) is 0.759. The Balaban J connectivity index is 1.75. The predicted octanol–water partition coefficient (Wildman–Crippen LogP) is 2.41. The first-order valence-electron chi connectivity index (χ1n) is 8.41. The SMILES string of the molecule is CC(=O)CC1CCN(c2ccnc3[nH]cc(-c4ccnc(N)n4)c23)C1. The second kappa shape index (κ2) is 6.16. The highest BCUT2D eigenvalue weighted by Gasteiger charge is 2.26. The first kappa shape index (κ1) is 15.6. The molecule has 1 aliphatic heterocycles. The molecule has 3 N–H and O–H groups in total. The lowest BCUT2D eigenvalue weighted by Crippen LogP contribution is -2.20. The zero-order chi connectivity index (χ0) is 17.4. The van der Waals surface area contributed by atoms with E-state index < -0.39 is 0 Å². The van der Waals surface area contributed by atoms with Gasteiger partial charge in [0.15, 0.2) is 0 Å². The van der Waals surface area contributed by atoms with E-state index in [1.165, 1.54) is 0 Å². The number of carbonyl (C=O) groups is 1. The second-order valence-corrected chi connectivity index (χ2v) is 6.56. The molecule has 3 aromatic heterocycles. The number of hydrogen-bond donors (Lipinski definition) is 2. The molecule has 1 fully saturated rings. The molecule has 0 aromatic carbocycles. The molecule has 25 heavy (non-hydrogen) atoms. The van der Waals surface area contributed by atoms with Crippen LogP contribution in [0.1, 0.15) is 19.8 Å². The van der Waals surface area contributed by atoms with Gasteiger partial charge in [-0.25, -0.2) is 15.0 Å². The first-order chi connectivity index (χ1) is 12.1. The monoisotopic (exact) mass is 336 g/mol. The fourth-order valence-corrected chi connectivity index (χ4v) is 3.65. The van der Waals surface area contributed by atoms with Gasteiger partial charge in [-0.1, -0.05) is 0 Å². The van der Waals surface area contributed by atoms with Gasteiger partial charge in [-0.05, 0) is 31.4 Å². The van der Waals surface area contributed by atoms with Crippen LogP contribution < -0.4 is 10.6 Å². The van der Waals surface area contributed by atoms with Crippen LogP contribution in [-0.2, 0) is 4.79 Å². The summed E-state index contributed by atoms with van der Waals surface area (Å²) < 4.78 is 0. The van der Waals surface area contributed by atoms with Crippen molar-refractivity contribution >= 4 is 28.5 Å². The number of hydrogen-bond acceptors (Lipinski definition) is 6. The highest BCUT2D eigenvalue weighted by molar-refractivity contribution is 6.02. The number of fused-ring (bicyclic) bond motifs is 1.